The third-order valence-corrected chi connectivity index (χ3v) is 4.83. The van der Waals surface area contributed by atoms with E-state index in [0.717, 1.165) is 18.9 Å². The van der Waals surface area contributed by atoms with E-state index in [2.05, 4.69) is 9.80 Å². The lowest BCUT2D eigenvalue weighted by molar-refractivity contribution is 0.123. The first-order chi connectivity index (χ1) is 7.83. The van der Waals surface area contributed by atoms with Gasteiger partial charge in [-0.05, 0) is 44.7 Å². The maximum Gasteiger partial charge on any atom is 0.0583 e. The Morgan fingerprint density at radius 3 is 2.44 bits per heavy atom. The van der Waals surface area contributed by atoms with E-state index < -0.39 is 0 Å². The van der Waals surface area contributed by atoms with Gasteiger partial charge in [-0.15, -0.1) is 0 Å². The molecule has 1 saturated carbocycles. The van der Waals surface area contributed by atoms with Crippen LogP contribution in [0.5, 0.6) is 0 Å². The Labute approximate surface area is 98.4 Å². The van der Waals surface area contributed by atoms with E-state index in [0.29, 0.717) is 5.92 Å². The summed E-state index contributed by atoms with van der Waals surface area (Å²) < 4.78 is 0. The minimum absolute atomic E-state index is 0.00165. The molecule has 3 unspecified atom stereocenters. The van der Waals surface area contributed by atoms with E-state index in [-0.39, 0.29) is 6.10 Å². The normalized spacial score (nSPS) is 40.7. The first-order valence-corrected chi connectivity index (χ1v) is 6.96. The fourth-order valence-electron chi connectivity index (χ4n) is 3.80. The molecule has 3 aliphatic rings. The Morgan fingerprint density at radius 2 is 1.69 bits per heavy atom. The molecule has 0 amide bonds. The van der Waals surface area contributed by atoms with Crippen LogP contribution in [0.3, 0.4) is 0 Å². The standard InChI is InChI=1S/C13H24N2O/c16-13-4-3-11-9-15(10-12(11)13)8-7-14-5-1-2-6-14/h11-13,16H,1-10H2. The van der Waals surface area contributed by atoms with Crippen molar-refractivity contribution in [3.8, 4) is 0 Å². The summed E-state index contributed by atoms with van der Waals surface area (Å²) in [4.78, 5) is 5.17. The van der Waals surface area contributed by atoms with Gasteiger partial charge in [-0.25, -0.2) is 0 Å². The van der Waals surface area contributed by atoms with Crippen LogP contribution in [-0.4, -0.2) is 60.3 Å². The van der Waals surface area contributed by atoms with Crippen molar-refractivity contribution >= 4 is 0 Å². The maximum absolute atomic E-state index is 9.86. The Morgan fingerprint density at radius 1 is 0.938 bits per heavy atom. The van der Waals surface area contributed by atoms with Crippen molar-refractivity contribution in [2.75, 3.05) is 39.3 Å². The molecule has 3 atom stereocenters. The van der Waals surface area contributed by atoms with Gasteiger partial charge in [0.05, 0.1) is 6.10 Å². The minimum atomic E-state index is 0.00165. The molecule has 0 spiro atoms. The summed E-state index contributed by atoms with van der Waals surface area (Å²) in [5, 5.41) is 9.86. The van der Waals surface area contributed by atoms with Crippen molar-refractivity contribution in [2.24, 2.45) is 11.8 Å². The van der Waals surface area contributed by atoms with Gasteiger partial charge in [0.2, 0.25) is 0 Å². The van der Waals surface area contributed by atoms with E-state index in [1.807, 2.05) is 0 Å². The molecule has 3 heteroatoms. The van der Waals surface area contributed by atoms with Gasteiger partial charge in [-0.3, -0.25) is 0 Å². The second-order valence-corrected chi connectivity index (χ2v) is 5.88. The molecule has 2 heterocycles. The van der Waals surface area contributed by atoms with Gasteiger partial charge in [0, 0.05) is 32.1 Å². The zero-order valence-corrected chi connectivity index (χ0v) is 10.1. The van der Waals surface area contributed by atoms with Gasteiger partial charge in [-0.1, -0.05) is 0 Å². The van der Waals surface area contributed by atoms with Crippen LogP contribution >= 0.6 is 0 Å². The molecular formula is C13H24N2O. The zero-order valence-electron chi connectivity index (χ0n) is 10.1. The fourth-order valence-corrected chi connectivity index (χ4v) is 3.80. The monoisotopic (exact) mass is 224 g/mol. The molecule has 2 saturated heterocycles. The van der Waals surface area contributed by atoms with Crippen molar-refractivity contribution in [3.05, 3.63) is 0 Å². The molecule has 0 aromatic carbocycles. The molecule has 1 aliphatic carbocycles. The molecule has 0 aromatic heterocycles. The summed E-state index contributed by atoms with van der Waals surface area (Å²) in [6.07, 6.45) is 5.09. The molecule has 0 bridgehead atoms. The lowest BCUT2D eigenvalue weighted by Gasteiger charge is -2.21. The first kappa shape index (κ1) is 11.0. The van der Waals surface area contributed by atoms with Crippen LogP contribution in [0.1, 0.15) is 25.7 Å². The van der Waals surface area contributed by atoms with Crippen LogP contribution in [0.15, 0.2) is 0 Å². The Kier molecular flexibility index (Phi) is 3.18. The van der Waals surface area contributed by atoms with Crippen LogP contribution < -0.4 is 0 Å². The molecule has 1 N–H and O–H groups in total. The quantitative estimate of drug-likeness (QED) is 0.767. The van der Waals surface area contributed by atoms with E-state index in [4.69, 9.17) is 0 Å². The predicted octanol–water partition coefficient (Wildman–Crippen LogP) is 0.785. The Balaban J connectivity index is 1.44. The summed E-state index contributed by atoms with van der Waals surface area (Å²) in [6, 6.07) is 0. The van der Waals surface area contributed by atoms with Gasteiger partial charge in [0.25, 0.3) is 0 Å². The minimum Gasteiger partial charge on any atom is -0.393 e. The number of aliphatic hydroxyl groups excluding tert-OH is 1. The molecule has 3 nitrogen and oxygen atoms in total. The number of hydrogen-bond acceptors (Lipinski definition) is 3. The average Bonchev–Trinajstić information content (AvgIpc) is 2.95. The SMILES string of the molecule is OC1CCC2CN(CCN3CCCC3)CC12. The molecule has 0 radical (unpaired) electrons. The highest BCUT2D eigenvalue weighted by molar-refractivity contribution is 4.93. The van der Waals surface area contributed by atoms with Crippen LogP contribution in [0, 0.1) is 11.8 Å². The van der Waals surface area contributed by atoms with Crippen LogP contribution in [-0.2, 0) is 0 Å². The molecule has 0 aromatic rings. The predicted molar refractivity (Wildman–Crippen MR) is 64.3 cm³/mol. The molecular weight excluding hydrogens is 200 g/mol. The number of aliphatic hydroxyl groups is 1. The highest BCUT2D eigenvalue weighted by Gasteiger charge is 2.41. The summed E-state index contributed by atoms with van der Waals surface area (Å²) in [5.74, 6) is 1.40. The average molecular weight is 224 g/mol. The van der Waals surface area contributed by atoms with Crippen molar-refractivity contribution in [1.29, 1.82) is 0 Å². The lowest BCUT2D eigenvalue weighted by Crippen LogP contribution is -2.33. The Bertz CT molecular complexity index is 240. The summed E-state index contributed by atoms with van der Waals surface area (Å²) in [5.41, 5.74) is 0. The van der Waals surface area contributed by atoms with E-state index in [1.165, 1.54) is 52.0 Å². The molecule has 92 valence electrons. The second kappa shape index (κ2) is 4.63. The van der Waals surface area contributed by atoms with E-state index >= 15 is 0 Å². The van der Waals surface area contributed by atoms with Gasteiger partial charge in [-0.2, -0.15) is 0 Å². The third kappa shape index (κ3) is 2.13. The highest BCUT2D eigenvalue weighted by atomic mass is 16.3. The number of likely N-dealkylation sites (tertiary alicyclic amines) is 2. The Hall–Kier alpha value is -0.120. The van der Waals surface area contributed by atoms with Crippen LogP contribution in [0.2, 0.25) is 0 Å². The number of hydrogen-bond donors (Lipinski definition) is 1. The van der Waals surface area contributed by atoms with Crippen molar-refractivity contribution in [2.45, 2.75) is 31.8 Å². The maximum atomic E-state index is 9.86. The summed E-state index contributed by atoms with van der Waals surface area (Å²) >= 11 is 0. The number of fused-ring (bicyclic) bond motifs is 1. The summed E-state index contributed by atoms with van der Waals surface area (Å²) in [6.45, 7) is 7.48. The van der Waals surface area contributed by atoms with Crippen LogP contribution in [0.25, 0.3) is 0 Å². The zero-order chi connectivity index (χ0) is 11.0. The smallest absolute Gasteiger partial charge is 0.0583 e. The second-order valence-electron chi connectivity index (χ2n) is 5.88. The fraction of sp³-hybridized carbons (Fsp3) is 1.00. The van der Waals surface area contributed by atoms with E-state index in [9.17, 15) is 5.11 Å². The molecule has 2 aliphatic heterocycles. The van der Waals surface area contributed by atoms with Gasteiger partial charge >= 0.3 is 0 Å². The highest BCUT2D eigenvalue weighted by Crippen LogP contribution is 2.37. The van der Waals surface area contributed by atoms with Gasteiger partial charge < -0.3 is 14.9 Å². The number of nitrogens with zero attached hydrogens (tertiary/aromatic N) is 2. The molecule has 16 heavy (non-hydrogen) atoms. The van der Waals surface area contributed by atoms with Crippen LogP contribution in [0.4, 0.5) is 0 Å². The number of rotatable bonds is 3. The topological polar surface area (TPSA) is 26.7 Å². The first-order valence-electron chi connectivity index (χ1n) is 6.96. The summed E-state index contributed by atoms with van der Waals surface area (Å²) in [7, 11) is 0. The molecule has 3 rings (SSSR count). The van der Waals surface area contributed by atoms with Gasteiger partial charge in [0.1, 0.15) is 0 Å². The van der Waals surface area contributed by atoms with Crippen molar-refractivity contribution in [3.63, 3.8) is 0 Å². The van der Waals surface area contributed by atoms with Crippen molar-refractivity contribution < 1.29 is 5.11 Å². The molecule has 3 fully saturated rings. The largest absolute Gasteiger partial charge is 0.393 e. The lowest BCUT2D eigenvalue weighted by atomic mass is 10.00. The van der Waals surface area contributed by atoms with Gasteiger partial charge in [0.15, 0.2) is 0 Å². The van der Waals surface area contributed by atoms with E-state index in [1.54, 1.807) is 0 Å². The van der Waals surface area contributed by atoms with Crippen molar-refractivity contribution in [1.82, 2.24) is 9.80 Å². The third-order valence-electron chi connectivity index (χ3n) is 4.83.